The second kappa shape index (κ2) is 7.80. The van der Waals surface area contributed by atoms with Crippen molar-refractivity contribution >= 4 is 16.6 Å². The number of ether oxygens (including phenoxy) is 1. The van der Waals surface area contributed by atoms with Crippen LogP contribution in [0.1, 0.15) is 5.56 Å². The fourth-order valence-corrected chi connectivity index (χ4v) is 3.36. The molecule has 4 aromatic rings. The number of nitro groups is 1. The van der Waals surface area contributed by atoms with Crippen LogP contribution in [-0.4, -0.2) is 20.8 Å². The van der Waals surface area contributed by atoms with Crippen LogP contribution < -0.4 is 10.3 Å². The van der Waals surface area contributed by atoms with Crippen LogP contribution in [0.4, 0.5) is 18.9 Å². The van der Waals surface area contributed by atoms with Crippen molar-refractivity contribution in [3.8, 4) is 22.8 Å². The van der Waals surface area contributed by atoms with E-state index in [4.69, 9.17) is 0 Å². The van der Waals surface area contributed by atoms with Gasteiger partial charge in [0.15, 0.2) is 0 Å². The number of rotatable bonds is 4. The molecule has 0 atom stereocenters. The summed E-state index contributed by atoms with van der Waals surface area (Å²) in [7, 11) is 0. The third kappa shape index (κ3) is 4.02. The van der Waals surface area contributed by atoms with Crippen LogP contribution in [-0.2, 0) is 0 Å². The first kappa shape index (κ1) is 21.0. The van der Waals surface area contributed by atoms with Gasteiger partial charge in [0.25, 0.3) is 11.2 Å². The molecule has 0 unspecified atom stereocenters. The Morgan fingerprint density at radius 3 is 2.34 bits per heavy atom. The van der Waals surface area contributed by atoms with Crippen molar-refractivity contribution in [2.75, 3.05) is 0 Å². The summed E-state index contributed by atoms with van der Waals surface area (Å²) < 4.78 is 42.6. The summed E-state index contributed by atoms with van der Waals surface area (Å²) in [4.78, 5) is 28.5. The molecule has 0 bridgehead atoms. The minimum absolute atomic E-state index is 0.0860. The van der Waals surface area contributed by atoms with Gasteiger partial charge in [-0.05, 0) is 55.5 Å². The normalized spacial score (nSPS) is 11.5. The Bertz CT molecular complexity index is 1400. The first-order valence-electron chi connectivity index (χ1n) is 9.27. The van der Waals surface area contributed by atoms with Crippen LogP contribution in [0.5, 0.6) is 5.75 Å². The largest absolute Gasteiger partial charge is 0.573 e. The van der Waals surface area contributed by atoms with Gasteiger partial charge in [0.1, 0.15) is 11.6 Å². The lowest BCUT2D eigenvalue weighted by molar-refractivity contribution is -0.385. The number of aromatic nitrogens is 2. The number of aryl methyl sites for hydroxylation is 1. The number of para-hydroxylation sites is 1. The molecule has 0 aliphatic rings. The maximum Gasteiger partial charge on any atom is 0.573 e. The molecule has 0 saturated carbocycles. The van der Waals surface area contributed by atoms with E-state index in [2.05, 4.69) is 9.72 Å². The first-order chi connectivity index (χ1) is 15.1. The summed E-state index contributed by atoms with van der Waals surface area (Å²) >= 11 is 0. The van der Waals surface area contributed by atoms with Gasteiger partial charge in [0, 0.05) is 17.2 Å². The minimum Gasteiger partial charge on any atom is -0.406 e. The molecule has 1 aromatic heterocycles. The van der Waals surface area contributed by atoms with Gasteiger partial charge in [-0.25, -0.2) is 4.98 Å². The molecule has 0 aliphatic heterocycles. The summed E-state index contributed by atoms with van der Waals surface area (Å²) in [5.41, 5.74) is 0.954. The lowest BCUT2D eigenvalue weighted by atomic mass is 10.1. The lowest BCUT2D eigenvalue weighted by Crippen LogP contribution is -2.22. The van der Waals surface area contributed by atoms with E-state index in [1.807, 2.05) is 0 Å². The molecule has 0 fully saturated rings. The average Bonchev–Trinajstić information content (AvgIpc) is 2.73. The van der Waals surface area contributed by atoms with Crippen molar-refractivity contribution < 1.29 is 22.8 Å². The fourth-order valence-electron chi connectivity index (χ4n) is 3.36. The zero-order chi connectivity index (χ0) is 23.0. The monoisotopic (exact) mass is 441 g/mol. The quantitative estimate of drug-likeness (QED) is 0.322. The van der Waals surface area contributed by atoms with Gasteiger partial charge in [-0.2, -0.15) is 0 Å². The highest BCUT2D eigenvalue weighted by Gasteiger charge is 2.31. The molecule has 0 spiro atoms. The van der Waals surface area contributed by atoms with Crippen molar-refractivity contribution in [2.45, 2.75) is 13.3 Å². The van der Waals surface area contributed by atoms with E-state index in [9.17, 15) is 28.1 Å². The topological polar surface area (TPSA) is 87.3 Å². The molecule has 0 saturated heterocycles. The molecule has 0 aliphatic carbocycles. The van der Waals surface area contributed by atoms with Crippen molar-refractivity contribution in [1.29, 1.82) is 0 Å². The molecule has 32 heavy (non-hydrogen) atoms. The van der Waals surface area contributed by atoms with Gasteiger partial charge in [0.05, 0.1) is 21.5 Å². The molecule has 3 aromatic carbocycles. The third-order valence-corrected chi connectivity index (χ3v) is 4.76. The average molecular weight is 441 g/mol. The van der Waals surface area contributed by atoms with E-state index in [-0.39, 0.29) is 17.2 Å². The number of fused-ring (bicyclic) bond motifs is 1. The number of nitrogens with zero attached hydrogens (tertiary/aromatic N) is 3. The summed E-state index contributed by atoms with van der Waals surface area (Å²) in [6.07, 6.45) is -4.84. The Labute approximate surface area is 178 Å². The van der Waals surface area contributed by atoms with Crippen LogP contribution in [0, 0.1) is 17.0 Å². The first-order valence-corrected chi connectivity index (χ1v) is 9.27. The van der Waals surface area contributed by atoms with Crippen molar-refractivity contribution in [3.63, 3.8) is 0 Å². The molecule has 10 heteroatoms. The Balaban J connectivity index is 1.94. The zero-order valence-electron chi connectivity index (χ0n) is 16.5. The van der Waals surface area contributed by atoms with E-state index in [0.29, 0.717) is 22.0 Å². The Morgan fingerprint density at radius 2 is 1.72 bits per heavy atom. The van der Waals surface area contributed by atoms with Crippen molar-refractivity contribution in [1.82, 2.24) is 9.55 Å². The molecule has 7 nitrogen and oxygen atoms in total. The number of benzene rings is 3. The highest BCUT2D eigenvalue weighted by molar-refractivity contribution is 5.80. The molecule has 0 amide bonds. The Hall–Kier alpha value is -4.21. The van der Waals surface area contributed by atoms with Gasteiger partial charge in [0.2, 0.25) is 0 Å². The highest BCUT2D eigenvalue weighted by atomic mass is 19.4. The molecule has 1 heterocycles. The lowest BCUT2D eigenvalue weighted by Gasteiger charge is -2.15. The van der Waals surface area contributed by atoms with Crippen molar-refractivity contribution in [2.24, 2.45) is 0 Å². The van der Waals surface area contributed by atoms with Gasteiger partial charge in [-0.3, -0.25) is 19.5 Å². The number of hydrogen-bond donors (Lipinski definition) is 0. The summed E-state index contributed by atoms with van der Waals surface area (Å²) in [5, 5.41) is 11.5. The molecule has 4 rings (SSSR count). The van der Waals surface area contributed by atoms with E-state index < -0.39 is 22.6 Å². The van der Waals surface area contributed by atoms with E-state index in [0.717, 1.165) is 12.1 Å². The van der Waals surface area contributed by atoms with Gasteiger partial charge in [-0.1, -0.05) is 12.1 Å². The fraction of sp³-hybridized carbons (Fsp3) is 0.0909. The zero-order valence-corrected chi connectivity index (χ0v) is 16.5. The van der Waals surface area contributed by atoms with Gasteiger partial charge in [-0.15, -0.1) is 13.2 Å². The van der Waals surface area contributed by atoms with Gasteiger partial charge < -0.3 is 4.74 Å². The summed E-state index contributed by atoms with van der Waals surface area (Å²) in [6, 6.07) is 15.8. The molecule has 0 radical (unpaired) electrons. The van der Waals surface area contributed by atoms with Crippen LogP contribution in [0.3, 0.4) is 0 Å². The Kier molecular flexibility index (Phi) is 5.13. The second-order valence-corrected chi connectivity index (χ2v) is 6.89. The Morgan fingerprint density at radius 1 is 1.03 bits per heavy atom. The number of alkyl halides is 3. The SMILES string of the molecule is Cc1cc(-c2nc3ccccc3c(=O)n2-c2ccc(OC(F)(F)F)cc2)ccc1[N+](=O)[O-]. The molecule has 0 N–H and O–H groups in total. The van der Waals surface area contributed by atoms with E-state index in [1.165, 1.54) is 34.9 Å². The maximum absolute atomic E-state index is 13.3. The van der Waals surface area contributed by atoms with E-state index >= 15 is 0 Å². The number of hydrogen-bond acceptors (Lipinski definition) is 5. The highest BCUT2D eigenvalue weighted by Crippen LogP contribution is 2.28. The van der Waals surface area contributed by atoms with Gasteiger partial charge >= 0.3 is 6.36 Å². The number of nitro benzene ring substituents is 1. The number of halogens is 3. The summed E-state index contributed by atoms with van der Waals surface area (Å²) in [6.45, 7) is 1.56. The molecular weight excluding hydrogens is 427 g/mol. The summed E-state index contributed by atoms with van der Waals surface area (Å²) in [5.74, 6) is -0.244. The molecular formula is C22H14F3N3O4. The maximum atomic E-state index is 13.3. The standard InChI is InChI=1S/C22H14F3N3O4/c1-13-12-14(6-11-19(13)28(30)31)20-26-18-5-3-2-4-17(18)21(29)27(20)15-7-9-16(10-8-15)32-22(23,24)25/h2-12H,1H3. The van der Waals surface area contributed by atoms with Crippen LogP contribution >= 0.6 is 0 Å². The van der Waals surface area contributed by atoms with Crippen molar-refractivity contribution in [3.05, 3.63) is 92.8 Å². The minimum atomic E-state index is -4.84. The van der Waals surface area contributed by atoms with Crippen LogP contribution in [0.25, 0.3) is 28.0 Å². The predicted octanol–water partition coefficient (Wildman–Crippen LogP) is 5.17. The van der Waals surface area contributed by atoms with E-state index in [1.54, 1.807) is 31.2 Å². The second-order valence-electron chi connectivity index (χ2n) is 6.89. The van der Waals surface area contributed by atoms with Crippen LogP contribution in [0.15, 0.2) is 71.5 Å². The smallest absolute Gasteiger partial charge is 0.406 e. The third-order valence-electron chi connectivity index (χ3n) is 4.76. The predicted molar refractivity (Wildman–Crippen MR) is 111 cm³/mol. The van der Waals surface area contributed by atoms with Crippen LogP contribution in [0.2, 0.25) is 0 Å². The molecule has 162 valence electrons.